The van der Waals surface area contributed by atoms with Crippen molar-refractivity contribution in [2.24, 2.45) is 0 Å². The first-order valence-corrected chi connectivity index (χ1v) is 20.8. The molecule has 0 saturated carbocycles. The Kier molecular flexibility index (Phi) is 10.2. The van der Waals surface area contributed by atoms with E-state index in [4.69, 9.17) is 4.74 Å². The number of hydrogen-bond acceptors (Lipinski definition) is 5. The average molecular weight is 881 g/mol. The molecular formula is C43H31O3OsPS2+. The van der Waals surface area contributed by atoms with Crippen molar-refractivity contribution in [3.63, 3.8) is 0 Å². The molecule has 1 aliphatic heterocycles. The molecule has 0 spiro atoms. The molecule has 7 rings (SSSR count). The Hall–Kier alpha value is -4.27. The Labute approximate surface area is 311 Å². The van der Waals surface area contributed by atoms with Gasteiger partial charge in [0, 0.05) is 0 Å². The zero-order valence-electron chi connectivity index (χ0n) is 27.4. The van der Waals surface area contributed by atoms with Gasteiger partial charge in [0.25, 0.3) is 0 Å². The molecule has 3 heterocycles. The molecule has 2 aromatic heterocycles. The second-order valence-electron chi connectivity index (χ2n) is 11.7. The van der Waals surface area contributed by atoms with Gasteiger partial charge in [-0.25, -0.2) is 0 Å². The van der Waals surface area contributed by atoms with E-state index in [9.17, 15) is 9.59 Å². The molecule has 1 aliphatic carbocycles. The Morgan fingerprint density at radius 2 is 1.30 bits per heavy atom. The number of ether oxygens (including phenoxy) is 1. The molecule has 0 radical (unpaired) electrons. The van der Waals surface area contributed by atoms with Gasteiger partial charge in [-0.3, -0.25) is 0 Å². The predicted molar refractivity (Wildman–Crippen MR) is 206 cm³/mol. The first kappa shape index (κ1) is 34.2. The Morgan fingerprint density at radius 3 is 1.84 bits per heavy atom. The van der Waals surface area contributed by atoms with Gasteiger partial charge >= 0.3 is 294 Å². The molecule has 1 fully saturated rings. The fraction of sp³-hybridized carbons (Fsp3) is 0.0930. The second kappa shape index (κ2) is 14.9. The van der Waals surface area contributed by atoms with Crippen LogP contribution in [0.4, 0.5) is 0 Å². The van der Waals surface area contributed by atoms with Crippen LogP contribution in [0.2, 0.25) is 0 Å². The SMILES string of the molecule is CC=C1COCC1=CC(C#Cc1cc2c(s1)C(=O)c1cc(/C=C/C)sc1C2=O)=C([C]#[Os])[P+](c1ccccc1)(c1ccccc1)c1ccccc1. The topological polar surface area (TPSA) is 43.4 Å². The number of benzene rings is 3. The van der Waals surface area contributed by atoms with Crippen LogP contribution in [-0.4, -0.2) is 24.8 Å². The van der Waals surface area contributed by atoms with E-state index in [2.05, 4.69) is 119 Å². The first-order valence-electron chi connectivity index (χ1n) is 16.1. The summed E-state index contributed by atoms with van der Waals surface area (Å²) in [7, 11) is -2.53. The summed E-state index contributed by atoms with van der Waals surface area (Å²) in [6.45, 7) is 5.00. The number of allylic oxidation sites excluding steroid dienone is 5. The van der Waals surface area contributed by atoms with E-state index in [0.29, 0.717) is 39.0 Å². The van der Waals surface area contributed by atoms with E-state index in [0.717, 1.165) is 26.9 Å². The molecule has 50 heavy (non-hydrogen) atoms. The average Bonchev–Trinajstić information content (AvgIpc) is 3.92. The summed E-state index contributed by atoms with van der Waals surface area (Å²) in [4.78, 5) is 29.8. The standard InChI is InChI=1S/C43H31O3PS2.Os/c1-4-15-36-25-38-40(44)43-39(41(45)42(38)48-36)26-37(49-43)23-22-31(24-32-28-46-27-30(32)5-2)29(3)47(33-16-9-6-10-17-33,34-18-11-7-12-19-34)35-20-13-8-14-21-35;/h4-21,24-26H,27-28H2,1-2H3;/q+1;/b15-4+,30-5?,31-29?,32-24?;. The summed E-state index contributed by atoms with van der Waals surface area (Å²) >= 11 is 4.37. The first-order chi connectivity index (χ1) is 24.5. The minimum atomic E-state index is -2.53. The molecule has 0 N–H and O–H groups in total. The van der Waals surface area contributed by atoms with E-state index in [1.807, 2.05) is 32.1 Å². The summed E-state index contributed by atoms with van der Waals surface area (Å²) < 4.78 is 9.62. The van der Waals surface area contributed by atoms with E-state index in [1.54, 1.807) is 24.0 Å². The van der Waals surface area contributed by atoms with E-state index < -0.39 is 7.26 Å². The monoisotopic (exact) mass is 882 g/mol. The second-order valence-corrected chi connectivity index (χ2v) is 17.8. The molecule has 245 valence electrons. The number of thiophene rings is 2. The number of rotatable bonds is 6. The van der Waals surface area contributed by atoms with Crippen LogP contribution in [0.15, 0.2) is 143 Å². The minimum absolute atomic E-state index is 0.113. The van der Waals surface area contributed by atoms with Gasteiger partial charge in [-0.2, -0.15) is 0 Å². The zero-order chi connectivity index (χ0) is 34.7. The zero-order valence-corrected chi connectivity index (χ0v) is 32.4. The van der Waals surface area contributed by atoms with Crippen molar-refractivity contribution >= 4 is 63.5 Å². The van der Waals surface area contributed by atoms with Gasteiger partial charge in [0.2, 0.25) is 0 Å². The third kappa shape index (κ3) is 6.17. The number of fused-ring (bicyclic) bond motifs is 2. The summed E-state index contributed by atoms with van der Waals surface area (Å²) in [5.74, 6) is 6.76. The van der Waals surface area contributed by atoms with Gasteiger partial charge in [0.15, 0.2) is 0 Å². The van der Waals surface area contributed by atoms with E-state index >= 15 is 0 Å². The van der Waals surface area contributed by atoms with Gasteiger partial charge in [0.05, 0.1) is 0 Å². The van der Waals surface area contributed by atoms with Crippen LogP contribution in [0.25, 0.3) is 6.08 Å². The summed E-state index contributed by atoms with van der Waals surface area (Å²) in [5.41, 5.74) is 3.97. The van der Waals surface area contributed by atoms with Crippen molar-refractivity contribution in [1.29, 1.82) is 0 Å². The normalized spacial score (nSPS) is 16.2. The Balaban J connectivity index is 1.48. The van der Waals surface area contributed by atoms with Crippen LogP contribution >= 0.6 is 29.9 Å². The van der Waals surface area contributed by atoms with Crippen molar-refractivity contribution in [2.45, 2.75) is 13.8 Å². The molecule has 7 heteroatoms. The van der Waals surface area contributed by atoms with Crippen LogP contribution in [0.5, 0.6) is 0 Å². The van der Waals surface area contributed by atoms with Crippen LogP contribution < -0.4 is 15.9 Å². The molecule has 3 nitrogen and oxygen atoms in total. The fourth-order valence-electron chi connectivity index (χ4n) is 6.43. The van der Waals surface area contributed by atoms with Crippen LogP contribution in [0, 0.1) is 16.2 Å². The third-order valence-corrected chi connectivity index (χ3v) is 16.3. The molecular weight excluding hydrogens is 850 g/mol. The van der Waals surface area contributed by atoms with Crippen molar-refractivity contribution in [3.8, 4) is 16.2 Å². The maximum absolute atomic E-state index is 13.6. The van der Waals surface area contributed by atoms with Crippen molar-refractivity contribution in [1.82, 2.24) is 0 Å². The van der Waals surface area contributed by atoms with E-state index in [-0.39, 0.29) is 11.6 Å². The summed E-state index contributed by atoms with van der Waals surface area (Å²) in [5, 5.41) is 4.62. The number of ketones is 2. The number of carbonyl (C=O) groups is 2. The maximum atomic E-state index is 13.6. The van der Waals surface area contributed by atoms with Crippen molar-refractivity contribution in [2.75, 3.05) is 13.2 Å². The molecule has 0 atom stereocenters. The molecule has 3 aromatic carbocycles. The van der Waals surface area contributed by atoms with Gasteiger partial charge in [-0.1, -0.05) is 6.08 Å². The number of hydrogen-bond donors (Lipinski definition) is 0. The molecule has 5 aromatic rings. The molecule has 1 saturated heterocycles. The predicted octanol–water partition coefficient (Wildman–Crippen LogP) is 8.63. The Morgan fingerprint density at radius 1 is 0.760 bits per heavy atom. The van der Waals surface area contributed by atoms with Gasteiger partial charge in [0.1, 0.15) is 0 Å². The quantitative estimate of drug-likeness (QED) is 0.124. The summed E-state index contributed by atoms with van der Waals surface area (Å²) in [6, 6.07) is 35.7. The summed E-state index contributed by atoms with van der Waals surface area (Å²) in [6.07, 6.45) is 8.11. The number of carbonyl (C=O) groups excluding carboxylic acids is 2. The van der Waals surface area contributed by atoms with E-state index in [1.165, 1.54) is 38.6 Å². The molecule has 2 aliphatic rings. The van der Waals surface area contributed by atoms with Crippen LogP contribution in [0.1, 0.15) is 54.1 Å². The van der Waals surface area contributed by atoms with Gasteiger partial charge < -0.3 is 0 Å². The molecule has 0 amide bonds. The molecule has 0 unspecified atom stereocenters. The van der Waals surface area contributed by atoms with Crippen LogP contribution in [0.3, 0.4) is 0 Å². The van der Waals surface area contributed by atoms with Gasteiger partial charge in [-0.15, -0.1) is 0 Å². The van der Waals surface area contributed by atoms with Crippen molar-refractivity contribution in [3.05, 3.63) is 174 Å². The van der Waals surface area contributed by atoms with Gasteiger partial charge in [-0.05, 0) is 13.0 Å². The fourth-order valence-corrected chi connectivity index (χ4v) is 14.2. The Bertz CT molecular complexity index is 2210. The van der Waals surface area contributed by atoms with Crippen LogP contribution in [-0.2, 0) is 22.7 Å². The third-order valence-electron chi connectivity index (χ3n) is 8.74. The molecule has 0 bridgehead atoms. The van der Waals surface area contributed by atoms with Crippen molar-refractivity contribution < 1.29 is 32.3 Å².